The standard InChI is InChI=1S/C22H37N5O4S/c1-19(2)10-14(11-20(3,4)26(19)28)30-16-23-17(25-18(24-16)32-9)31-15-12-21(5,6)27(29)22(7,8)13-15/h14-15H,10-13H2,1-9H3. The van der Waals surface area contributed by atoms with Gasteiger partial charge in [-0.2, -0.15) is 9.97 Å². The lowest BCUT2D eigenvalue weighted by Gasteiger charge is -2.49. The molecule has 2 aliphatic rings. The monoisotopic (exact) mass is 467 g/mol. The van der Waals surface area contributed by atoms with E-state index in [2.05, 4.69) is 15.0 Å². The summed E-state index contributed by atoms with van der Waals surface area (Å²) in [5, 5.41) is 28.1. The van der Waals surface area contributed by atoms with Gasteiger partial charge in [-0.1, -0.05) is 11.8 Å². The van der Waals surface area contributed by atoms with Crippen LogP contribution in [0, 0.1) is 0 Å². The Bertz CT molecular complexity index is 734. The minimum atomic E-state index is -0.551. The first-order chi connectivity index (χ1) is 14.6. The van der Waals surface area contributed by atoms with Gasteiger partial charge in [-0.15, -0.1) is 25.5 Å². The molecule has 180 valence electrons. The predicted octanol–water partition coefficient (Wildman–Crippen LogP) is 4.09. The van der Waals surface area contributed by atoms with Crippen LogP contribution in [-0.2, 0) is 10.4 Å². The molecule has 1 aromatic rings. The summed E-state index contributed by atoms with van der Waals surface area (Å²) in [6.07, 6.45) is 3.77. The first-order valence-corrected chi connectivity index (χ1v) is 12.4. The molecule has 0 bridgehead atoms. The molecule has 2 radical (unpaired) electrons. The van der Waals surface area contributed by atoms with Crippen molar-refractivity contribution < 1.29 is 19.9 Å². The number of thioether (sulfide) groups is 1. The first-order valence-electron chi connectivity index (χ1n) is 11.1. The summed E-state index contributed by atoms with van der Waals surface area (Å²) in [5.74, 6) is 0. The fraction of sp³-hybridized carbons (Fsp3) is 0.864. The van der Waals surface area contributed by atoms with Crippen LogP contribution in [0.25, 0.3) is 0 Å². The third-order valence-corrected chi connectivity index (χ3v) is 6.96. The maximum atomic E-state index is 12.6. The highest BCUT2D eigenvalue weighted by atomic mass is 32.2. The van der Waals surface area contributed by atoms with Crippen molar-refractivity contribution in [1.82, 2.24) is 25.1 Å². The van der Waals surface area contributed by atoms with Gasteiger partial charge in [0.05, 0.1) is 0 Å². The second kappa shape index (κ2) is 8.54. The Morgan fingerprint density at radius 3 is 1.28 bits per heavy atom. The summed E-state index contributed by atoms with van der Waals surface area (Å²) in [4.78, 5) is 13.3. The molecule has 0 N–H and O–H groups in total. The first kappa shape index (κ1) is 25.4. The fourth-order valence-corrected chi connectivity index (χ4v) is 5.66. The van der Waals surface area contributed by atoms with Crippen molar-refractivity contribution in [3.63, 3.8) is 0 Å². The van der Waals surface area contributed by atoms with Crippen molar-refractivity contribution in [3.8, 4) is 12.0 Å². The van der Waals surface area contributed by atoms with Crippen LogP contribution in [0.3, 0.4) is 0 Å². The molecule has 0 saturated carbocycles. The zero-order valence-corrected chi connectivity index (χ0v) is 21.6. The molecule has 0 atom stereocenters. The van der Waals surface area contributed by atoms with E-state index in [0.29, 0.717) is 30.8 Å². The Morgan fingerprint density at radius 1 is 0.688 bits per heavy atom. The average molecular weight is 468 g/mol. The van der Waals surface area contributed by atoms with Gasteiger partial charge in [0.2, 0.25) is 0 Å². The van der Waals surface area contributed by atoms with E-state index in [9.17, 15) is 10.4 Å². The van der Waals surface area contributed by atoms with E-state index >= 15 is 0 Å². The van der Waals surface area contributed by atoms with Gasteiger partial charge in [-0.3, -0.25) is 0 Å². The van der Waals surface area contributed by atoms with Gasteiger partial charge in [0, 0.05) is 47.8 Å². The van der Waals surface area contributed by atoms with Crippen LogP contribution in [0.4, 0.5) is 0 Å². The molecule has 1 aromatic heterocycles. The van der Waals surface area contributed by atoms with Crippen molar-refractivity contribution in [3.05, 3.63) is 0 Å². The lowest BCUT2D eigenvalue weighted by atomic mass is 9.80. The molecular formula is C22H37N5O4S. The summed E-state index contributed by atoms with van der Waals surface area (Å²) in [6, 6.07) is 0.408. The molecular weight excluding hydrogens is 430 g/mol. The Balaban J connectivity index is 1.79. The fourth-order valence-electron chi connectivity index (χ4n) is 5.33. The second-order valence-corrected chi connectivity index (χ2v) is 12.3. The van der Waals surface area contributed by atoms with Crippen molar-refractivity contribution in [2.45, 2.75) is 121 Å². The van der Waals surface area contributed by atoms with Crippen LogP contribution < -0.4 is 9.47 Å². The Morgan fingerprint density at radius 2 is 1.00 bits per heavy atom. The van der Waals surface area contributed by atoms with Crippen LogP contribution in [0.2, 0.25) is 0 Å². The minimum Gasteiger partial charge on any atom is -0.460 e. The van der Waals surface area contributed by atoms with Gasteiger partial charge in [0.1, 0.15) is 12.2 Å². The van der Waals surface area contributed by atoms with Crippen molar-refractivity contribution in [1.29, 1.82) is 0 Å². The number of piperidine rings is 2. The topological polar surface area (TPSA) is 103 Å². The van der Waals surface area contributed by atoms with Crippen LogP contribution in [0.15, 0.2) is 5.16 Å². The zero-order chi connectivity index (χ0) is 24.1. The SMILES string of the molecule is CSc1nc(OC2CC(C)(C)N([O])C(C)(C)C2)nc(OC2CC(C)(C)N([O])C(C)(C)C2)n1. The van der Waals surface area contributed by atoms with Crippen LogP contribution >= 0.6 is 11.8 Å². The van der Waals surface area contributed by atoms with Crippen LogP contribution in [0.1, 0.15) is 81.1 Å². The largest absolute Gasteiger partial charge is 0.460 e. The van der Waals surface area contributed by atoms with E-state index in [4.69, 9.17) is 9.47 Å². The number of hydrogen-bond donors (Lipinski definition) is 0. The maximum absolute atomic E-state index is 12.6. The summed E-state index contributed by atoms with van der Waals surface area (Å²) in [7, 11) is 0. The highest BCUT2D eigenvalue weighted by Crippen LogP contribution is 2.40. The van der Waals surface area contributed by atoms with E-state index in [-0.39, 0.29) is 24.2 Å². The van der Waals surface area contributed by atoms with Gasteiger partial charge < -0.3 is 9.47 Å². The molecule has 0 aliphatic carbocycles. The van der Waals surface area contributed by atoms with E-state index < -0.39 is 22.2 Å². The summed E-state index contributed by atoms with van der Waals surface area (Å²) < 4.78 is 12.3. The normalized spacial score (nSPS) is 26.1. The molecule has 10 heteroatoms. The number of nitrogens with zero attached hydrogens (tertiary/aromatic N) is 5. The molecule has 0 unspecified atom stereocenters. The number of aromatic nitrogens is 3. The van der Waals surface area contributed by atoms with Gasteiger partial charge in [-0.05, 0) is 61.6 Å². The Labute approximate surface area is 195 Å². The van der Waals surface area contributed by atoms with Gasteiger partial charge in [0.25, 0.3) is 0 Å². The number of hydrogen-bond acceptors (Lipinski definition) is 8. The molecule has 2 fully saturated rings. The molecule has 3 rings (SSSR count). The summed E-state index contributed by atoms with van der Waals surface area (Å²) in [5.41, 5.74) is -2.20. The highest BCUT2D eigenvalue weighted by Gasteiger charge is 2.48. The molecule has 2 aliphatic heterocycles. The molecule has 0 spiro atoms. The zero-order valence-electron chi connectivity index (χ0n) is 20.8. The summed E-state index contributed by atoms with van der Waals surface area (Å²) >= 11 is 1.38. The molecule has 9 nitrogen and oxygen atoms in total. The smallest absolute Gasteiger partial charge is 0.323 e. The maximum Gasteiger partial charge on any atom is 0.323 e. The molecule has 3 heterocycles. The number of rotatable bonds is 5. The van der Waals surface area contributed by atoms with Crippen LogP contribution in [0.5, 0.6) is 12.0 Å². The summed E-state index contributed by atoms with van der Waals surface area (Å²) in [6.45, 7) is 15.4. The molecule has 0 amide bonds. The highest BCUT2D eigenvalue weighted by molar-refractivity contribution is 7.98. The predicted molar refractivity (Wildman–Crippen MR) is 120 cm³/mol. The molecule has 2 saturated heterocycles. The van der Waals surface area contributed by atoms with Gasteiger partial charge in [-0.25, -0.2) is 0 Å². The Hall–Kier alpha value is -1.20. The number of ether oxygens (including phenoxy) is 2. The van der Waals surface area contributed by atoms with Crippen molar-refractivity contribution in [2.75, 3.05) is 6.26 Å². The van der Waals surface area contributed by atoms with E-state index in [0.717, 1.165) is 0 Å². The van der Waals surface area contributed by atoms with Crippen LogP contribution in [-0.4, -0.2) is 65.7 Å². The minimum absolute atomic E-state index is 0.197. The second-order valence-electron chi connectivity index (χ2n) is 11.5. The van der Waals surface area contributed by atoms with E-state index in [1.807, 2.05) is 61.6 Å². The third-order valence-electron chi connectivity index (χ3n) is 6.41. The van der Waals surface area contributed by atoms with Gasteiger partial charge in [0.15, 0.2) is 5.16 Å². The number of hydroxylamine groups is 4. The lowest BCUT2D eigenvalue weighted by molar-refractivity contribution is -0.297. The molecule has 32 heavy (non-hydrogen) atoms. The lowest BCUT2D eigenvalue weighted by Crippen LogP contribution is -2.60. The van der Waals surface area contributed by atoms with Crippen molar-refractivity contribution in [2.24, 2.45) is 0 Å². The third kappa shape index (κ3) is 5.30. The quantitative estimate of drug-likeness (QED) is 0.597. The van der Waals surface area contributed by atoms with Crippen molar-refractivity contribution >= 4 is 11.8 Å². The molecule has 0 aromatic carbocycles. The average Bonchev–Trinajstić information content (AvgIpc) is 2.63. The van der Waals surface area contributed by atoms with Gasteiger partial charge >= 0.3 is 12.0 Å². The van der Waals surface area contributed by atoms with E-state index in [1.165, 1.54) is 21.9 Å². The van der Waals surface area contributed by atoms with E-state index in [1.54, 1.807) is 0 Å². The Kier molecular flexibility index (Phi) is 6.78.